The standard InChI is InChI=1S/C29H28N2O5/c1-18(2)21-9-11-23(12-10-21)31-27(32)15-24(29(31)34)30(28(33)22-7-4-19(3)5-8-22)16-20-6-13-25-26(14-20)36-17-35-25/h4-14,18,24H,15-17H2,1-3H3. The lowest BCUT2D eigenvalue weighted by Gasteiger charge is -2.28. The van der Waals surface area contributed by atoms with E-state index in [-0.39, 0.29) is 31.6 Å². The van der Waals surface area contributed by atoms with Crippen molar-refractivity contribution in [3.63, 3.8) is 0 Å². The van der Waals surface area contributed by atoms with E-state index in [2.05, 4.69) is 13.8 Å². The van der Waals surface area contributed by atoms with E-state index < -0.39 is 11.9 Å². The predicted octanol–water partition coefficient (Wildman–Crippen LogP) is 4.82. The number of hydrogen-bond acceptors (Lipinski definition) is 5. The molecule has 0 radical (unpaired) electrons. The Morgan fingerprint density at radius 3 is 2.36 bits per heavy atom. The molecule has 1 atom stereocenters. The number of fused-ring (bicyclic) bond motifs is 1. The van der Waals surface area contributed by atoms with Gasteiger partial charge in [-0.15, -0.1) is 0 Å². The molecule has 0 spiro atoms. The van der Waals surface area contributed by atoms with E-state index in [4.69, 9.17) is 9.47 Å². The van der Waals surface area contributed by atoms with Crippen molar-refractivity contribution in [3.05, 3.63) is 89.0 Å². The second kappa shape index (κ2) is 9.49. The van der Waals surface area contributed by atoms with Crippen molar-refractivity contribution < 1.29 is 23.9 Å². The number of carbonyl (C=O) groups excluding carboxylic acids is 3. The highest BCUT2D eigenvalue weighted by molar-refractivity contribution is 6.23. The molecular formula is C29H28N2O5. The Morgan fingerprint density at radius 2 is 1.67 bits per heavy atom. The molecule has 2 aliphatic rings. The maximum Gasteiger partial charge on any atom is 0.257 e. The van der Waals surface area contributed by atoms with Crippen LogP contribution in [0.25, 0.3) is 0 Å². The average Bonchev–Trinajstić information content (AvgIpc) is 3.45. The Bertz CT molecular complexity index is 1310. The Morgan fingerprint density at radius 1 is 0.972 bits per heavy atom. The quantitative estimate of drug-likeness (QED) is 0.469. The first-order valence-electron chi connectivity index (χ1n) is 12.0. The van der Waals surface area contributed by atoms with Crippen molar-refractivity contribution in [3.8, 4) is 11.5 Å². The van der Waals surface area contributed by atoms with Crippen LogP contribution in [0.3, 0.4) is 0 Å². The first kappa shape index (κ1) is 23.6. The number of rotatable bonds is 6. The number of imide groups is 1. The van der Waals surface area contributed by atoms with E-state index in [1.807, 2.05) is 37.3 Å². The number of benzene rings is 3. The van der Waals surface area contributed by atoms with Crippen molar-refractivity contribution in [2.45, 2.75) is 45.7 Å². The highest BCUT2D eigenvalue weighted by atomic mass is 16.7. The zero-order valence-electron chi connectivity index (χ0n) is 20.6. The summed E-state index contributed by atoms with van der Waals surface area (Å²) < 4.78 is 10.9. The minimum Gasteiger partial charge on any atom is -0.454 e. The lowest BCUT2D eigenvalue weighted by molar-refractivity contribution is -0.122. The summed E-state index contributed by atoms with van der Waals surface area (Å²) in [6, 6.07) is 19.2. The van der Waals surface area contributed by atoms with Gasteiger partial charge in [-0.1, -0.05) is 49.7 Å². The fourth-order valence-electron chi connectivity index (χ4n) is 4.56. The molecule has 3 aromatic carbocycles. The van der Waals surface area contributed by atoms with Crippen LogP contribution in [-0.4, -0.2) is 35.5 Å². The molecule has 0 saturated carbocycles. The van der Waals surface area contributed by atoms with Gasteiger partial charge in [-0.3, -0.25) is 14.4 Å². The van der Waals surface area contributed by atoms with E-state index in [9.17, 15) is 14.4 Å². The number of aryl methyl sites for hydroxylation is 1. The zero-order valence-corrected chi connectivity index (χ0v) is 20.6. The lowest BCUT2D eigenvalue weighted by atomic mass is 10.0. The number of anilines is 1. The smallest absolute Gasteiger partial charge is 0.257 e. The molecule has 184 valence electrons. The molecule has 1 saturated heterocycles. The Hall–Kier alpha value is -4.13. The number of hydrogen-bond donors (Lipinski definition) is 0. The van der Waals surface area contributed by atoms with Gasteiger partial charge >= 0.3 is 0 Å². The van der Waals surface area contributed by atoms with Gasteiger partial charge in [0.1, 0.15) is 6.04 Å². The van der Waals surface area contributed by atoms with Crippen LogP contribution in [0.2, 0.25) is 0 Å². The molecule has 3 amide bonds. The maximum atomic E-state index is 13.7. The molecule has 2 heterocycles. The van der Waals surface area contributed by atoms with Crippen molar-refractivity contribution in [2.75, 3.05) is 11.7 Å². The van der Waals surface area contributed by atoms with Crippen LogP contribution < -0.4 is 14.4 Å². The summed E-state index contributed by atoms with van der Waals surface area (Å²) in [6.45, 7) is 6.40. The van der Waals surface area contributed by atoms with Gasteiger partial charge in [0.15, 0.2) is 11.5 Å². The van der Waals surface area contributed by atoms with Gasteiger partial charge < -0.3 is 14.4 Å². The molecule has 7 heteroatoms. The van der Waals surface area contributed by atoms with E-state index in [0.29, 0.717) is 28.7 Å². The normalized spacial score (nSPS) is 16.7. The lowest BCUT2D eigenvalue weighted by Crippen LogP contribution is -2.45. The fourth-order valence-corrected chi connectivity index (χ4v) is 4.56. The van der Waals surface area contributed by atoms with Gasteiger partial charge in [0.05, 0.1) is 12.1 Å². The number of carbonyl (C=O) groups is 3. The molecule has 5 rings (SSSR count). The molecule has 0 N–H and O–H groups in total. The third kappa shape index (κ3) is 4.44. The second-order valence-corrected chi connectivity index (χ2v) is 9.52. The summed E-state index contributed by atoms with van der Waals surface area (Å²) in [6.07, 6.45) is -0.0765. The molecule has 1 unspecified atom stereocenters. The molecule has 0 bridgehead atoms. The van der Waals surface area contributed by atoms with Crippen LogP contribution in [0.5, 0.6) is 11.5 Å². The van der Waals surface area contributed by atoms with Crippen LogP contribution in [0.1, 0.15) is 53.2 Å². The zero-order chi connectivity index (χ0) is 25.4. The van der Waals surface area contributed by atoms with E-state index in [1.54, 1.807) is 36.4 Å². The molecule has 36 heavy (non-hydrogen) atoms. The van der Waals surface area contributed by atoms with E-state index in [0.717, 1.165) is 16.7 Å². The summed E-state index contributed by atoms with van der Waals surface area (Å²) >= 11 is 0. The van der Waals surface area contributed by atoms with Crippen LogP contribution in [0, 0.1) is 6.92 Å². The predicted molar refractivity (Wildman–Crippen MR) is 135 cm³/mol. The molecular weight excluding hydrogens is 456 g/mol. The summed E-state index contributed by atoms with van der Waals surface area (Å²) in [5.41, 5.74) is 3.90. The van der Waals surface area contributed by atoms with Crippen molar-refractivity contribution >= 4 is 23.4 Å². The summed E-state index contributed by atoms with van der Waals surface area (Å²) in [4.78, 5) is 43.0. The van der Waals surface area contributed by atoms with Gasteiger partial charge in [0, 0.05) is 12.1 Å². The number of amides is 3. The highest BCUT2D eigenvalue weighted by Crippen LogP contribution is 2.34. The minimum atomic E-state index is -0.915. The maximum absolute atomic E-state index is 13.7. The van der Waals surface area contributed by atoms with Gasteiger partial charge in [-0.05, 0) is 60.4 Å². The first-order chi connectivity index (χ1) is 17.3. The topological polar surface area (TPSA) is 76.2 Å². The molecule has 3 aromatic rings. The minimum absolute atomic E-state index is 0.0765. The second-order valence-electron chi connectivity index (χ2n) is 9.52. The van der Waals surface area contributed by atoms with Gasteiger partial charge in [0.2, 0.25) is 12.7 Å². The third-order valence-corrected chi connectivity index (χ3v) is 6.67. The van der Waals surface area contributed by atoms with Crippen LogP contribution in [-0.2, 0) is 16.1 Å². The van der Waals surface area contributed by atoms with Crippen LogP contribution in [0.15, 0.2) is 66.7 Å². The molecule has 0 aromatic heterocycles. The first-order valence-corrected chi connectivity index (χ1v) is 12.0. The molecule has 0 aliphatic carbocycles. The Balaban J connectivity index is 1.47. The molecule has 2 aliphatic heterocycles. The van der Waals surface area contributed by atoms with Crippen molar-refractivity contribution in [1.29, 1.82) is 0 Å². The number of ether oxygens (including phenoxy) is 2. The van der Waals surface area contributed by atoms with E-state index in [1.165, 1.54) is 9.80 Å². The monoisotopic (exact) mass is 484 g/mol. The number of nitrogens with zero attached hydrogens (tertiary/aromatic N) is 2. The van der Waals surface area contributed by atoms with Gasteiger partial charge in [-0.25, -0.2) is 4.90 Å². The molecule has 1 fully saturated rings. The van der Waals surface area contributed by atoms with Crippen LogP contribution in [0.4, 0.5) is 5.69 Å². The Kier molecular flexibility index (Phi) is 6.22. The fraction of sp³-hybridized carbons (Fsp3) is 0.276. The van der Waals surface area contributed by atoms with Gasteiger partial charge in [-0.2, -0.15) is 0 Å². The average molecular weight is 485 g/mol. The highest BCUT2D eigenvalue weighted by Gasteiger charge is 2.44. The summed E-state index contributed by atoms with van der Waals surface area (Å²) in [5, 5.41) is 0. The third-order valence-electron chi connectivity index (χ3n) is 6.67. The molecule has 7 nitrogen and oxygen atoms in total. The van der Waals surface area contributed by atoms with Gasteiger partial charge in [0.25, 0.3) is 11.8 Å². The summed E-state index contributed by atoms with van der Waals surface area (Å²) in [7, 11) is 0. The SMILES string of the molecule is Cc1ccc(C(=O)N(Cc2ccc3c(c2)OCO3)C2CC(=O)N(c3ccc(C(C)C)cc3)C2=O)cc1. The van der Waals surface area contributed by atoms with Crippen molar-refractivity contribution in [1.82, 2.24) is 4.90 Å². The van der Waals surface area contributed by atoms with Crippen LogP contribution >= 0.6 is 0 Å². The Labute approximate surface area is 210 Å². The van der Waals surface area contributed by atoms with E-state index >= 15 is 0 Å². The van der Waals surface area contributed by atoms with Crippen molar-refractivity contribution in [2.24, 2.45) is 0 Å². The largest absolute Gasteiger partial charge is 0.454 e. The summed E-state index contributed by atoms with van der Waals surface area (Å²) in [5.74, 6) is 0.527.